The van der Waals surface area contributed by atoms with Crippen molar-refractivity contribution >= 4 is 11.9 Å². The van der Waals surface area contributed by atoms with Gasteiger partial charge in [-0.05, 0) is 26.3 Å². The third kappa shape index (κ3) is 3.54. The normalized spacial score (nSPS) is 19.5. The van der Waals surface area contributed by atoms with Gasteiger partial charge in [-0.3, -0.25) is 15.0 Å². The molecule has 1 aliphatic heterocycles. The molecule has 7 heteroatoms. The maximum absolute atomic E-state index is 11.4. The molecule has 0 spiro atoms. The molecule has 3 N–H and O–H groups in total. The minimum absolute atomic E-state index is 0.193. The molecule has 0 unspecified atom stereocenters. The summed E-state index contributed by atoms with van der Waals surface area (Å²) in [6.07, 6.45) is 2.31. The zero-order chi connectivity index (χ0) is 13.8. The molecule has 0 bridgehead atoms. The SMILES string of the molecule is Cc1cc([C@H]2CCCN2CCC(=O)NC(N)=O)no1. The van der Waals surface area contributed by atoms with Gasteiger partial charge in [-0.1, -0.05) is 5.16 Å². The number of nitrogens with two attached hydrogens (primary N) is 1. The molecule has 7 nitrogen and oxygen atoms in total. The molecule has 1 saturated heterocycles. The van der Waals surface area contributed by atoms with Gasteiger partial charge in [-0.25, -0.2) is 4.79 Å². The second-order valence-corrected chi connectivity index (χ2v) is 4.72. The number of carbonyl (C=O) groups is 2. The Bertz CT molecular complexity index is 471. The number of carbonyl (C=O) groups excluding carboxylic acids is 2. The number of imide groups is 1. The fourth-order valence-corrected chi connectivity index (χ4v) is 2.42. The zero-order valence-corrected chi connectivity index (χ0v) is 10.9. The van der Waals surface area contributed by atoms with Crippen molar-refractivity contribution in [2.75, 3.05) is 13.1 Å². The van der Waals surface area contributed by atoms with Gasteiger partial charge < -0.3 is 10.3 Å². The van der Waals surface area contributed by atoms with Crippen LogP contribution in [0, 0.1) is 6.92 Å². The average Bonchev–Trinajstić information content (AvgIpc) is 2.93. The van der Waals surface area contributed by atoms with Gasteiger partial charge in [0.15, 0.2) is 0 Å². The molecule has 2 rings (SSSR count). The van der Waals surface area contributed by atoms with Gasteiger partial charge in [0, 0.05) is 19.0 Å². The molecule has 3 amide bonds. The predicted molar refractivity (Wildman–Crippen MR) is 67.1 cm³/mol. The van der Waals surface area contributed by atoms with Gasteiger partial charge in [0.25, 0.3) is 0 Å². The summed E-state index contributed by atoms with van der Waals surface area (Å²) in [7, 11) is 0. The number of nitrogens with one attached hydrogen (secondary N) is 1. The van der Waals surface area contributed by atoms with E-state index >= 15 is 0 Å². The topological polar surface area (TPSA) is 101 Å². The van der Waals surface area contributed by atoms with Crippen molar-refractivity contribution in [1.29, 1.82) is 0 Å². The van der Waals surface area contributed by atoms with Crippen LogP contribution in [0.4, 0.5) is 4.79 Å². The van der Waals surface area contributed by atoms with E-state index < -0.39 is 6.03 Å². The van der Waals surface area contributed by atoms with Crippen LogP contribution in [-0.2, 0) is 4.79 Å². The first-order valence-corrected chi connectivity index (χ1v) is 6.33. The number of primary amides is 1. The Morgan fingerprint density at radius 1 is 1.63 bits per heavy atom. The van der Waals surface area contributed by atoms with Crippen molar-refractivity contribution in [3.63, 3.8) is 0 Å². The van der Waals surface area contributed by atoms with E-state index in [-0.39, 0.29) is 18.4 Å². The molecule has 1 aromatic rings. The van der Waals surface area contributed by atoms with Crippen molar-refractivity contribution in [2.45, 2.75) is 32.2 Å². The summed E-state index contributed by atoms with van der Waals surface area (Å²) >= 11 is 0. The number of urea groups is 1. The van der Waals surface area contributed by atoms with Gasteiger partial charge in [-0.2, -0.15) is 0 Å². The number of aromatic nitrogens is 1. The van der Waals surface area contributed by atoms with Gasteiger partial charge >= 0.3 is 6.03 Å². The maximum Gasteiger partial charge on any atom is 0.318 e. The van der Waals surface area contributed by atoms with E-state index in [9.17, 15) is 9.59 Å². The summed E-state index contributed by atoms with van der Waals surface area (Å²) in [5.74, 6) is 0.433. The van der Waals surface area contributed by atoms with E-state index in [4.69, 9.17) is 10.3 Å². The van der Waals surface area contributed by atoms with Crippen molar-refractivity contribution < 1.29 is 14.1 Å². The largest absolute Gasteiger partial charge is 0.361 e. The fourth-order valence-electron chi connectivity index (χ4n) is 2.42. The first-order chi connectivity index (χ1) is 9.06. The molecule has 0 radical (unpaired) electrons. The van der Waals surface area contributed by atoms with E-state index in [2.05, 4.69) is 15.4 Å². The molecule has 19 heavy (non-hydrogen) atoms. The minimum Gasteiger partial charge on any atom is -0.361 e. The first-order valence-electron chi connectivity index (χ1n) is 6.33. The van der Waals surface area contributed by atoms with E-state index in [1.165, 1.54) is 0 Å². The van der Waals surface area contributed by atoms with Crippen LogP contribution in [0.15, 0.2) is 10.6 Å². The lowest BCUT2D eigenvalue weighted by molar-refractivity contribution is -0.120. The zero-order valence-electron chi connectivity index (χ0n) is 10.9. The number of aryl methyl sites for hydroxylation is 1. The molecule has 2 heterocycles. The van der Waals surface area contributed by atoms with E-state index in [1.54, 1.807) is 0 Å². The summed E-state index contributed by atoms with van der Waals surface area (Å²) < 4.78 is 5.09. The number of rotatable bonds is 4. The Hall–Kier alpha value is -1.89. The van der Waals surface area contributed by atoms with Gasteiger partial charge in [0.05, 0.1) is 6.04 Å². The fraction of sp³-hybridized carbons (Fsp3) is 0.583. The van der Waals surface area contributed by atoms with Crippen molar-refractivity contribution in [2.24, 2.45) is 5.73 Å². The standard InChI is InChI=1S/C12H18N4O3/c1-8-7-9(15-19-8)10-3-2-5-16(10)6-4-11(17)14-12(13)18/h7,10H,2-6H2,1H3,(H3,13,14,17,18)/t10-/m1/s1. The lowest BCUT2D eigenvalue weighted by atomic mass is 10.1. The highest BCUT2D eigenvalue weighted by Gasteiger charge is 2.28. The molecule has 1 fully saturated rings. The van der Waals surface area contributed by atoms with E-state index in [1.807, 2.05) is 13.0 Å². The predicted octanol–water partition coefficient (Wildman–Crippen LogP) is 0.705. The number of likely N-dealkylation sites (tertiary alicyclic amines) is 1. The van der Waals surface area contributed by atoms with Crippen LogP contribution >= 0.6 is 0 Å². The molecule has 104 valence electrons. The third-order valence-electron chi connectivity index (χ3n) is 3.24. The highest BCUT2D eigenvalue weighted by molar-refractivity contribution is 5.93. The third-order valence-corrected chi connectivity index (χ3v) is 3.24. The lowest BCUT2D eigenvalue weighted by Gasteiger charge is -2.21. The molecule has 0 saturated carbocycles. The van der Waals surface area contributed by atoms with Crippen LogP contribution in [0.5, 0.6) is 0 Å². The van der Waals surface area contributed by atoms with Gasteiger partial charge in [0.2, 0.25) is 5.91 Å². The highest BCUT2D eigenvalue weighted by atomic mass is 16.5. The summed E-state index contributed by atoms with van der Waals surface area (Å²) in [5, 5.41) is 6.10. The van der Waals surface area contributed by atoms with Gasteiger partial charge in [0.1, 0.15) is 11.5 Å². The summed E-state index contributed by atoms with van der Waals surface area (Å²) in [6.45, 7) is 3.35. The number of hydrogen-bond donors (Lipinski definition) is 2. The Labute approximate surface area is 111 Å². The monoisotopic (exact) mass is 266 g/mol. The molecule has 0 aliphatic carbocycles. The van der Waals surface area contributed by atoms with Crippen LogP contribution < -0.4 is 11.1 Å². The maximum atomic E-state index is 11.4. The summed E-state index contributed by atoms with van der Waals surface area (Å²) in [5.41, 5.74) is 5.80. The smallest absolute Gasteiger partial charge is 0.318 e. The Morgan fingerprint density at radius 3 is 3.05 bits per heavy atom. The van der Waals surface area contributed by atoms with E-state index in [0.29, 0.717) is 6.54 Å². The molecular formula is C12H18N4O3. The first kappa shape index (κ1) is 13.5. The second kappa shape index (κ2) is 5.83. The summed E-state index contributed by atoms with van der Waals surface area (Å²) in [6, 6.07) is 1.31. The van der Waals surface area contributed by atoms with Crippen LogP contribution in [-0.4, -0.2) is 35.1 Å². The number of hydrogen-bond acceptors (Lipinski definition) is 5. The van der Waals surface area contributed by atoms with Crippen molar-refractivity contribution in [1.82, 2.24) is 15.4 Å². The Kier molecular flexibility index (Phi) is 4.16. The number of amides is 3. The van der Waals surface area contributed by atoms with E-state index in [0.717, 1.165) is 30.8 Å². The van der Waals surface area contributed by atoms with Crippen LogP contribution in [0.1, 0.15) is 36.8 Å². The summed E-state index contributed by atoms with van der Waals surface area (Å²) in [4.78, 5) is 24.1. The van der Waals surface area contributed by atoms with Crippen molar-refractivity contribution in [3.05, 3.63) is 17.5 Å². The van der Waals surface area contributed by atoms with Gasteiger partial charge in [-0.15, -0.1) is 0 Å². The molecule has 1 aromatic heterocycles. The van der Waals surface area contributed by atoms with Crippen LogP contribution in [0.3, 0.4) is 0 Å². The second-order valence-electron chi connectivity index (χ2n) is 4.72. The Balaban J connectivity index is 1.89. The molecular weight excluding hydrogens is 248 g/mol. The molecule has 0 aromatic carbocycles. The average molecular weight is 266 g/mol. The lowest BCUT2D eigenvalue weighted by Crippen LogP contribution is -2.37. The van der Waals surface area contributed by atoms with Crippen LogP contribution in [0.2, 0.25) is 0 Å². The van der Waals surface area contributed by atoms with Crippen LogP contribution in [0.25, 0.3) is 0 Å². The highest BCUT2D eigenvalue weighted by Crippen LogP contribution is 2.31. The minimum atomic E-state index is -0.810. The van der Waals surface area contributed by atoms with Crippen molar-refractivity contribution in [3.8, 4) is 0 Å². The molecule has 1 atom stereocenters. The Morgan fingerprint density at radius 2 is 2.42 bits per heavy atom. The molecule has 1 aliphatic rings. The number of nitrogens with zero attached hydrogens (tertiary/aromatic N) is 2. The quantitative estimate of drug-likeness (QED) is 0.835.